The Labute approximate surface area is 60.2 Å². The first kappa shape index (κ1) is 7.27. The van der Waals surface area contributed by atoms with Gasteiger partial charge in [-0.2, -0.15) is 5.26 Å². The Morgan fingerprint density at radius 2 is 2.40 bits per heavy atom. The number of hydrogen-bond acceptors (Lipinski definition) is 1. The Kier molecular flexibility index (Phi) is 2.44. The predicted octanol–water partition coefficient (Wildman–Crippen LogP) is 2.35. The van der Waals surface area contributed by atoms with Gasteiger partial charge in [0.25, 0.3) is 0 Å². The molecule has 10 heavy (non-hydrogen) atoms. The summed E-state index contributed by atoms with van der Waals surface area (Å²) < 4.78 is 12.8. The average Bonchev–Trinajstić information content (AvgIpc) is 1.94. The first-order chi connectivity index (χ1) is 4.84. The van der Waals surface area contributed by atoms with Crippen molar-refractivity contribution in [2.45, 2.75) is 31.9 Å². The summed E-state index contributed by atoms with van der Waals surface area (Å²) in [5.41, 5.74) is 0.689. The van der Waals surface area contributed by atoms with Crippen molar-refractivity contribution in [3.05, 3.63) is 11.6 Å². The molecule has 1 rings (SSSR count). The molecule has 0 aromatic carbocycles. The van der Waals surface area contributed by atoms with E-state index in [0.29, 0.717) is 12.0 Å². The smallest absolute Gasteiger partial charge is 0.122 e. The van der Waals surface area contributed by atoms with Crippen LogP contribution in [0.1, 0.15) is 25.7 Å². The molecule has 1 unspecified atom stereocenters. The minimum absolute atomic E-state index is 0.605. The summed E-state index contributed by atoms with van der Waals surface area (Å²) in [7, 11) is 0. The zero-order valence-corrected chi connectivity index (χ0v) is 5.81. The molecule has 0 aliphatic heterocycles. The maximum absolute atomic E-state index is 12.8. The van der Waals surface area contributed by atoms with Crippen molar-refractivity contribution in [2.75, 3.05) is 0 Å². The minimum atomic E-state index is -0.839. The van der Waals surface area contributed by atoms with Crippen LogP contribution in [-0.2, 0) is 0 Å². The molecule has 54 valence electrons. The van der Waals surface area contributed by atoms with Crippen LogP contribution in [0.2, 0.25) is 0 Å². The van der Waals surface area contributed by atoms with Gasteiger partial charge in [0.1, 0.15) is 6.17 Å². The molecule has 0 aromatic rings. The number of allylic oxidation sites excluding steroid dienone is 2. The van der Waals surface area contributed by atoms with Crippen LogP contribution in [0, 0.1) is 11.3 Å². The number of hydrogen-bond donors (Lipinski definition) is 0. The maximum atomic E-state index is 12.8. The average molecular weight is 139 g/mol. The van der Waals surface area contributed by atoms with Crippen LogP contribution in [0.3, 0.4) is 0 Å². The van der Waals surface area contributed by atoms with Crippen molar-refractivity contribution in [3.63, 3.8) is 0 Å². The SMILES string of the molecule is N#CC=C1CCCCC1F. The third kappa shape index (κ3) is 1.57. The van der Waals surface area contributed by atoms with Crippen molar-refractivity contribution in [3.8, 4) is 6.07 Å². The highest BCUT2D eigenvalue weighted by Gasteiger charge is 2.16. The summed E-state index contributed by atoms with van der Waals surface area (Å²) in [6, 6.07) is 1.87. The first-order valence-electron chi connectivity index (χ1n) is 3.57. The fraction of sp³-hybridized carbons (Fsp3) is 0.625. The molecule has 1 atom stereocenters. The summed E-state index contributed by atoms with van der Waals surface area (Å²) in [4.78, 5) is 0. The molecular weight excluding hydrogens is 129 g/mol. The van der Waals surface area contributed by atoms with Gasteiger partial charge in [-0.3, -0.25) is 0 Å². The highest BCUT2D eigenvalue weighted by molar-refractivity contribution is 5.18. The van der Waals surface area contributed by atoms with E-state index in [1.807, 2.05) is 6.07 Å². The molecule has 1 aliphatic carbocycles. The Hall–Kier alpha value is -0.840. The molecule has 0 N–H and O–H groups in total. The number of nitriles is 1. The summed E-state index contributed by atoms with van der Waals surface area (Å²) >= 11 is 0. The largest absolute Gasteiger partial charge is 0.243 e. The summed E-state index contributed by atoms with van der Waals surface area (Å²) in [5, 5.41) is 8.24. The van der Waals surface area contributed by atoms with Crippen LogP contribution in [0.25, 0.3) is 0 Å². The first-order valence-corrected chi connectivity index (χ1v) is 3.57. The molecular formula is C8H10FN. The molecule has 1 fully saturated rings. The molecule has 0 radical (unpaired) electrons. The summed E-state index contributed by atoms with van der Waals surface area (Å²) in [5.74, 6) is 0. The Bertz CT molecular complexity index is 178. The van der Waals surface area contributed by atoms with E-state index in [0.717, 1.165) is 19.3 Å². The zero-order valence-electron chi connectivity index (χ0n) is 5.81. The van der Waals surface area contributed by atoms with E-state index in [-0.39, 0.29) is 0 Å². The third-order valence-electron chi connectivity index (χ3n) is 1.83. The van der Waals surface area contributed by atoms with E-state index in [2.05, 4.69) is 0 Å². The number of alkyl halides is 1. The molecule has 0 amide bonds. The second-order valence-corrected chi connectivity index (χ2v) is 2.56. The lowest BCUT2D eigenvalue weighted by molar-refractivity contribution is 0.317. The fourth-order valence-corrected chi connectivity index (χ4v) is 1.24. The van der Waals surface area contributed by atoms with Crippen molar-refractivity contribution < 1.29 is 4.39 Å². The molecule has 0 bridgehead atoms. The van der Waals surface area contributed by atoms with Crippen molar-refractivity contribution in [1.82, 2.24) is 0 Å². The zero-order chi connectivity index (χ0) is 7.40. The van der Waals surface area contributed by atoms with E-state index in [1.165, 1.54) is 6.08 Å². The van der Waals surface area contributed by atoms with Crippen LogP contribution in [0.15, 0.2) is 11.6 Å². The van der Waals surface area contributed by atoms with Gasteiger partial charge >= 0.3 is 0 Å². The monoisotopic (exact) mass is 139 g/mol. The Balaban J connectivity index is 2.58. The van der Waals surface area contributed by atoms with E-state index < -0.39 is 6.17 Å². The quantitative estimate of drug-likeness (QED) is 0.472. The van der Waals surface area contributed by atoms with Gasteiger partial charge < -0.3 is 0 Å². The predicted molar refractivity (Wildman–Crippen MR) is 37.1 cm³/mol. The van der Waals surface area contributed by atoms with Gasteiger partial charge in [-0.05, 0) is 31.3 Å². The van der Waals surface area contributed by atoms with E-state index in [9.17, 15) is 4.39 Å². The van der Waals surface area contributed by atoms with Crippen molar-refractivity contribution in [2.24, 2.45) is 0 Å². The highest BCUT2D eigenvalue weighted by Crippen LogP contribution is 2.25. The topological polar surface area (TPSA) is 23.8 Å². The van der Waals surface area contributed by atoms with Crippen LogP contribution in [-0.4, -0.2) is 6.17 Å². The van der Waals surface area contributed by atoms with Crippen molar-refractivity contribution in [1.29, 1.82) is 5.26 Å². The Morgan fingerprint density at radius 1 is 1.60 bits per heavy atom. The van der Waals surface area contributed by atoms with Gasteiger partial charge in [-0.1, -0.05) is 0 Å². The van der Waals surface area contributed by atoms with E-state index in [1.54, 1.807) is 0 Å². The summed E-state index contributed by atoms with van der Waals surface area (Å²) in [6.45, 7) is 0. The highest BCUT2D eigenvalue weighted by atomic mass is 19.1. The number of halogens is 1. The number of nitrogens with zero attached hydrogens (tertiary/aromatic N) is 1. The standard InChI is InChI=1S/C8H10FN/c9-8-4-2-1-3-7(8)5-6-10/h5,8H,1-4H2. The van der Waals surface area contributed by atoms with Gasteiger partial charge in [0.05, 0.1) is 6.07 Å². The third-order valence-corrected chi connectivity index (χ3v) is 1.83. The number of rotatable bonds is 0. The molecule has 0 heterocycles. The Morgan fingerprint density at radius 3 is 3.00 bits per heavy atom. The second-order valence-electron chi connectivity index (χ2n) is 2.56. The minimum Gasteiger partial charge on any atom is -0.243 e. The molecule has 1 nitrogen and oxygen atoms in total. The van der Waals surface area contributed by atoms with E-state index in [4.69, 9.17) is 5.26 Å². The maximum Gasteiger partial charge on any atom is 0.122 e. The van der Waals surface area contributed by atoms with Gasteiger partial charge in [0, 0.05) is 6.08 Å². The lowest BCUT2D eigenvalue weighted by Gasteiger charge is -2.16. The molecule has 2 heteroatoms. The van der Waals surface area contributed by atoms with Gasteiger partial charge in [0.2, 0.25) is 0 Å². The van der Waals surface area contributed by atoms with Crippen LogP contribution >= 0.6 is 0 Å². The normalized spacial score (nSPS) is 30.0. The lowest BCUT2D eigenvalue weighted by atomic mass is 9.93. The lowest BCUT2D eigenvalue weighted by Crippen LogP contribution is -2.09. The molecule has 0 saturated heterocycles. The van der Waals surface area contributed by atoms with Gasteiger partial charge in [0.15, 0.2) is 0 Å². The van der Waals surface area contributed by atoms with Crippen molar-refractivity contribution >= 4 is 0 Å². The van der Waals surface area contributed by atoms with Crippen LogP contribution in [0.4, 0.5) is 4.39 Å². The second kappa shape index (κ2) is 3.36. The summed E-state index contributed by atoms with van der Waals surface area (Å²) in [6.07, 6.45) is 3.89. The van der Waals surface area contributed by atoms with Crippen LogP contribution in [0.5, 0.6) is 0 Å². The van der Waals surface area contributed by atoms with Gasteiger partial charge in [-0.25, -0.2) is 4.39 Å². The fourth-order valence-electron chi connectivity index (χ4n) is 1.24. The molecule has 0 spiro atoms. The van der Waals surface area contributed by atoms with Crippen LogP contribution < -0.4 is 0 Å². The van der Waals surface area contributed by atoms with Gasteiger partial charge in [-0.15, -0.1) is 0 Å². The van der Waals surface area contributed by atoms with E-state index >= 15 is 0 Å². The molecule has 1 aliphatic rings. The molecule has 0 aromatic heterocycles. The molecule has 1 saturated carbocycles.